The van der Waals surface area contributed by atoms with Gasteiger partial charge in [-0.25, -0.2) is 9.97 Å². The molecule has 2 saturated heterocycles. The summed E-state index contributed by atoms with van der Waals surface area (Å²) < 4.78 is 7.16. The summed E-state index contributed by atoms with van der Waals surface area (Å²) in [7, 11) is 0. The van der Waals surface area contributed by atoms with Gasteiger partial charge in [0, 0.05) is 31.8 Å². The molecular formula is C24H29BrN4OS. The first-order chi connectivity index (χ1) is 15.3. The van der Waals surface area contributed by atoms with Crippen molar-refractivity contribution >= 4 is 43.3 Å². The number of piperidine rings is 1. The average molecular weight is 501 g/mol. The van der Waals surface area contributed by atoms with Crippen molar-refractivity contribution in [1.29, 1.82) is 0 Å². The molecule has 2 aliphatic rings. The molecule has 2 fully saturated rings. The molecule has 2 aromatic heterocycles. The van der Waals surface area contributed by atoms with Crippen LogP contribution in [0.1, 0.15) is 25.7 Å². The van der Waals surface area contributed by atoms with Crippen molar-refractivity contribution in [1.82, 2.24) is 14.9 Å². The van der Waals surface area contributed by atoms with Crippen LogP contribution in [-0.2, 0) is 4.74 Å². The molecule has 0 N–H and O–H groups in total. The molecule has 0 unspecified atom stereocenters. The summed E-state index contributed by atoms with van der Waals surface area (Å²) in [5.41, 5.74) is 2.42. The van der Waals surface area contributed by atoms with E-state index in [0.717, 1.165) is 60.1 Å². The van der Waals surface area contributed by atoms with Crippen LogP contribution in [0.5, 0.6) is 0 Å². The number of hydrogen-bond donors (Lipinski definition) is 0. The van der Waals surface area contributed by atoms with Gasteiger partial charge >= 0.3 is 0 Å². The van der Waals surface area contributed by atoms with Crippen molar-refractivity contribution in [3.05, 3.63) is 40.4 Å². The standard InChI is InChI=1S/C24H29BrN4OS/c25-22-20(19-6-2-1-3-7-19)21-23(26-17-27-24(21)31-22)29-12-8-18(9-13-29)16-30-15-14-28-10-4-5-11-28/h1-3,6-7,17-18H,4-5,8-16H2. The second-order valence-corrected chi connectivity index (χ2v) is 10.9. The van der Waals surface area contributed by atoms with Gasteiger partial charge in [-0.1, -0.05) is 30.3 Å². The maximum absolute atomic E-state index is 6.04. The van der Waals surface area contributed by atoms with Crippen molar-refractivity contribution in [2.45, 2.75) is 25.7 Å². The van der Waals surface area contributed by atoms with E-state index in [4.69, 9.17) is 9.72 Å². The highest BCUT2D eigenvalue weighted by Crippen LogP contribution is 2.45. The Morgan fingerprint density at radius 2 is 1.81 bits per heavy atom. The Balaban J connectivity index is 1.25. The summed E-state index contributed by atoms with van der Waals surface area (Å²) in [6.07, 6.45) is 6.72. The largest absolute Gasteiger partial charge is 0.380 e. The molecular weight excluding hydrogens is 472 g/mol. The van der Waals surface area contributed by atoms with Crippen LogP contribution in [0.3, 0.4) is 0 Å². The van der Waals surface area contributed by atoms with E-state index >= 15 is 0 Å². The third kappa shape index (κ3) is 4.80. The van der Waals surface area contributed by atoms with Gasteiger partial charge in [-0.05, 0) is 66.2 Å². The first-order valence-electron chi connectivity index (χ1n) is 11.3. The molecule has 0 aliphatic carbocycles. The number of fused-ring (bicyclic) bond motifs is 1. The lowest BCUT2D eigenvalue weighted by molar-refractivity contribution is 0.0753. The molecule has 31 heavy (non-hydrogen) atoms. The highest BCUT2D eigenvalue weighted by Gasteiger charge is 2.25. The molecule has 2 aliphatic heterocycles. The highest BCUT2D eigenvalue weighted by atomic mass is 79.9. The van der Waals surface area contributed by atoms with E-state index in [-0.39, 0.29) is 0 Å². The summed E-state index contributed by atoms with van der Waals surface area (Å²) in [4.78, 5) is 15.3. The molecule has 3 aromatic rings. The number of nitrogens with zero attached hydrogens (tertiary/aromatic N) is 4. The van der Waals surface area contributed by atoms with Crippen LogP contribution in [0.2, 0.25) is 0 Å². The highest BCUT2D eigenvalue weighted by molar-refractivity contribution is 9.11. The van der Waals surface area contributed by atoms with E-state index < -0.39 is 0 Å². The fraction of sp³-hybridized carbons (Fsp3) is 0.500. The Morgan fingerprint density at radius 3 is 2.58 bits per heavy atom. The molecule has 5 nitrogen and oxygen atoms in total. The maximum atomic E-state index is 6.04. The smallest absolute Gasteiger partial charge is 0.141 e. The number of benzene rings is 1. The molecule has 0 amide bonds. The van der Waals surface area contributed by atoms with Crippen molar-refractivity contribution in [2.24, 2.45) is 5.92 Å². The van der Waals surface area contributed by atoms with Gasteiger partial charge in [0.15, 0.2) is 0 Å². The second-order valence-electron chi connectivity index (χ2n) is 8.55. The zero-order chi connectivity index (χ0) is 21.0. The number of thiophene rings is 1. The molecule has 0 radical (unpaired) electrons. The van der Waals surface area contributed by atoms with E-state index in [1.807, 2.05) is 0 Å². The minimum Gasteiger partial charge on any atom is -0.380 e. The Kier molecular flexibility index (Phi) is 6.84. The summed E-state index contributed by atoms with van der Waals surface area (Å²) in [6, 6.07) is 10.6. The van der Waals surface area contributed by atoms with Crippen molar-refractivity contribution in [3.63, 3.8) is 0 Å². The number of halogens is 1. The lowest BCUT2D eigenvalue weighted by Crippen LogP contribution is -2.36. The minimum atomic E-state index is 0.648. The number of aromatic nitrogens is 2. The van der Waals surface area contributed by atoms with Crippen molar-refractivity contribution in [2.75, 3.05) is 50.8 Å². The van der Waals surface area contributed by atoms with Gasteiger partial charge in [0.1, 0.15) is 17.0 Å². The number of ether oxygens (including phenoxy) is 1. The third-order valence-corrected chi connectivity index (χ3v) is 8.27. The van der Waals surface area contributed by atoms with Crippen LogP contribution in [0.25, 0.3) is 21.3 Å². The first-order valence-corrected chi connectivity index (χ1v) is 12.9. The number of rotatable bonds is 7. The molecule has 4 heterocycles. The zero-order valence-electron chi connectivity index (χ0n) is 17.8. The molecule has 0 saturated carbocycles. The predicted molar refractivity (Wildman–Crippen MR) is 132 cm³/mol. The normalized spacial score (nSPS) is 18.3. The van der Waals surface area contributed by atoms with Gasteiger partial charge in [-0.3, -0.25) is 0 Å². The molecule has 164 valence electrons. The summed E-state index contributed by atoms with van der Waals surface area (Å²) in [6.45, 7) is 7.39. The van der Waals surface area contributed by atoms with Gasteiger partial charge in [-0.15, -0.1) is 11.3 Å². The Labute approximate surface area is 196 Å². The second kappa shape index (κ2) is 9.94. The van der Waals surface area contributed by atoms with Gasteiger partial charge in [-0.2, -0.15) is 0 Å². The fourth-order valence-electron chi connectivity index (χ4n) is 4.75. The average Bonchev–Trinajstić information content (AvgIpc) is 3.44. The van der Waals surface area contributed by atoms with E-state index in [1.165, 1.54) is 42.4 Å². The van der Waals surface area contributed by atoms with Crippen molar-refractivity contribution in [3.8, 4) is 11.1 Å². The van der Waals surface area contributed by atoms with Gasteiger partial charge in [0.2, 0.25) is 0 Å². The molecule has 5 rings (SSSR count). The summed E-state index contributed by atoms with van der Waals surface area (Å²) in [5.74, 6) is 1.72. The van der Waals surface area contributed by atoms with E-state index in [9.17, 15) is 0 Å². The third-order valence-electron chi connectivity index (χ3n) is 6.51. The van der Waals surface area contributed by atoms with Crippen LogP contribution < -0.4 is 4.90 Å². The molecule has 0 bridgehead atoms. The lowest BCUT2D eigenvalue weighted by Gasteiger charge is -2.33. The van der Waals surface area contributed by atoms with Crippen LogP contribution >= 0.6 is 27.3 Å². The van der Waals surface area contributed by atoms with Crippen molar-refractivity contribution < 1.29 is 4.74 Å². The van der Waals surface area contributed by atoms with Gasteiger partial charge in [0.25, 0.3) is 0 Å². The Hall–Kier alpha value is -1.54. The quantitative estimate of drug-likeness (QED) is 0.403. The molecule has 1 aromatic carbocycles. The van der Waals surface area contributed by atoms with Crippen LogP contribution in [-0.4, -0.2) is 60.8 Å². The lowest BCUT2D eigenvalue weighted by atomic mass is 9.97. The SMILES string of the molecule is Brc1sc2ncnc(N3CCC(COCCN4CCCC4)CC3)c2c1-c1ccccc1. The maximum Gasteiger partial charge on any atom is 0.141 e. The van der Waals surface area contributed by atoms with Crippen LogP contribution in [0, 0.1) is 5.92 Å². The Morgan fingerprint density at radius 1 is 1.03 bits per heavy atom. The summed E-state index contributed by atoms with van der Waals surface area (Å²) >= 11 is 5.48. The predicted octanol–water partition coefficient (Wildman–Crippen LogP) is 5.45. The number of anilines is 1. The van der Waals surface area contributed by atoms with E-state index in [0.29, 0.717) is 5.92 Å². The zero-order valence-corrected chi connectivity index (χ0v) is 20.2. The van der Waals surface area contributed by atoms with Gasteiger partial charge in [0.05, 0.1) is 15.8 Å². The van der Waals surface area contributed by atoms with Crippen LogP contribution in [0.15, 0.2) is 40.4 Å². The molecule has 7 heteroatoms. The molecule has 0 spiro atoms. The monoisotopic (exact) mass is 500 g/mol. The van der Waals surface area contributed by atoms with E-state index in [1.54, 1.807) is 17.7 Å². The fourth-order valence-corrected chi connectivity index (χ4v) is 6.53. The Bertz CT molecular complexity index is 997. The van der Waals surface area contributed by atoms with E-state index in [2.05, 4.69) is 61.0 Å². The molecule has 0 atom stereocenters. The van der Waals surface area contributed by atoms with Gasteiger partial charge < -0.3 is 14.5 Å². The topological polar surface area (TPSA) is 41.5 Å². The van der Waals surface area contributed by atoms with Crippen LogP contribution in [0.4, 0.5) is 5.82 Å². The first kappa shape index (κ1) is 21.3. The minimum absolute atomic E-state index is 0.648. The summed E-state index contributed by atoms with van der Waals surface area (Å²) in [5, 5.41) is 1.17. The number of likely N-dealkylation sites (tertiary alicyclic amines) is 1. The number of hydrogen-bond acceptors (Lipinski definition) is 6.